The van der Waals surface area contributed by atoms with E-state index in [1.54, 1.807) is 4.68 Å². The minimum Gasteiger partial charge on any atom is -0.337 e. The maximum absolute atomic E-state index is 12.4. The average Bonchev–Trinajstić information content (AvgIpc) is 2.95. The third-order valence-corrected chi connectivity index (χ3v) is 3.49. The van der Waals surface area contributed by atoms with Crippen molar-refractivity contribution in [2.45, 2.75) is 26.8 Å². The molecule has 5 heteroatoms. The largest absolute Gasteiger partial charge is 0.337 e. The summed E-state index contributed by atoms with van der Waals surface area (Å²) in [7, 11) is 1.96. The SMILES string of the molecule is CCn1nc(C)cc1C(=O)N1CCC(CNC)C1. The first-order valence-corrected chi connectivity index (χ1v) is 6.64. The Bertz CT molecular complexity index is 427. The molecule has 1 amide bonds. The van der Waals surface area contributed by atoms with E-state index in [1.165, 1.54) is 0 Å². The predicted octanol–water partition coefficient (Wildman–Crippen LogP) is 0.893. The molecule has 1 saturated heterocycles. The quantitative estimate of drug-likeness (QED) is 0.863. The number of carbonyl (C=O) groups is 1. The number of carbonyl (C=O) groups excluding carboxylic acids is 1. The fourth-order valence-electron chi connectivity index (χ4n) is 2.59. The molecule has 0 spiro atoms. The Kier molecular flexibility index (Phi) is 4.01. The number of aryl methyl sites for hydroxylation is 2. The van der Waals surface area contributed by atoms with Gasteiger partial charge in [0.1, 0.15) is 5.69 Å². The average molecular weight is 250 g/mol. The Morgan fingerprint density at radius 1 is 1.61 bits per heavy atom. The van der Waals surface area contributed by atoms with Gasteiger partial charge in [0.15, 0.2) is 0 Å². The van der Waals surface area contributed by atoms with Gasteiger partial charge in [-0.3, -0.25) is 9.48 Å². The number of aromatic nitrogens is 2. The van der Waals surface area contributed by atoms with Gasteiger partial charge >= 0.3 is 0 Å². The second-order valence-corrected chi connectivity index (χ2v) is 4.95. The fraction of sp³-hybridized carbons (Fsp3) is 0.692. The van der Waals surface area contributed by atoms with Crippen molar-refractivity contribution in [3.8, 4) is 0 Å². The third-order valence-electron chi connectivity index (χ3n) is 3.49. The molecule has 1 aliphatic rings. The molecule has 1 atom stereocenters. The van der Waals surface area contributed by atoms with Crippen LogP contribution in [-0.2, 0) is 6.54 Å². The molecule has 1 aromatic rings. The molecule has 18 heavy (non-hydrogen) atoms. The maximum atomic E-state index is 12.4. The molecular formula is C13H22N4O. The van der Waals surface area contributed by atoms with Gasteiger partial charge in [0.2, 0.25) is 0 Å². The van der Waals surface area contributed by atoms with Crippen molar-refractivity contribution < 1.29 is 4.79 Å². The van der Waals surface area contributed by atoms with Crippen molar-refractivity contribution in [1.82, 2.24) is 20.0 Å². The molecule has 100 valence electrons. The van der Waals surface area contributed by atoms with E-state index >= 15 is 0 Å². The van der Waals surface area contributed by atoms with E-state index in [4.69, 9.17) is 0 Å². The van der Waals surface area contributed by atoms with Gasteiger partial charge in [-0.1, -0.05) is 0 Å². The molecule has 0 saturated carbocycles. The van der Waals surface area contributed by atoms with Gasteiger partial charge in [-0.2, -0.15) is 5.10 Å². The lowest BCUT2D eigenvalue weighted by Gasteiger charge is -2.16. The fourth-order valence-corrected chi connectivity index (χ4v) is 2.59. The minimum absolute atomic E-state index is 0.121. The van der Waals surface area contributed by atoms with E-state index in [0.29, 0.717) is 5.92 Å². The Hall–Kier alpha value is -1.36. The zero-order chi connectivity index (χ0) is 13.1. The molecular weight excluding hydrogens is 228 g/mol. The minimum atomic E-state index is 0.121. The summed E-state index contributed by atoms with van der Waals surface area (Å²) in [5, 5.41) is 7.51. The second kappa shape index (κ2) is 5.52. The van der Waals surface area contributed by atoms with Crippen LogP contribution in [0.15, 0.2) is 6.07 Å². The highest BCUT2D eigenvalue weighted by molar-refractivity contribution is 5.92. The number of hydrogen-bond donors (Lipinski definition) is 1. The van der Waals surface area contributed by atoms with Gasteiger partial charge in [-0.15, -0.1) is 0 Å². The van der Waals surface area contributed by atoms with Gasteiger partial charge in [0.05, 0.1) is 5.69 Å². The highest BCUT2D eigenvalue weighted by Crippen LogP contribution is 2.18. The Labute approximate surface area is 108 Å². The maximum Gasteiger partial charge on any atom is 0.272 e. The number of hydrogen-bond acceptors (Lipinski definition) is 3. The molecule has 1 N–H and O–H groups in total. The predicted molar refractivity (Wildman–Crippen MR) is 70.6 cm³/mol. The van der Waals surface area contributed by atoms with E-state index in [2.05, 4.69) is 10.4 Å². The van der Waals surface area contributed by atoms with Crippen LogP contribution >= 0.6 is 0 Å². The van der Waals surface area contributed by atoms with E-state index in [1.807, 2.05) is 31.9 Å². The molecule has 0 aliphatic carbocycles. The summed E-state index contributed by atoms with van der Waals surface area (Å²) in [6.07, 6.45) is 1.09. The lowest BCUT2D eigenvalue weighted by atomic mass is 10.1. The summed E-state index contributed by atoms with van der Waals surface area (Å²) in [4.78, 5) is 14.4. The molecule has 0 bridgehead atoms. The van der Waals surface area contributed by atoms with Gasteiger partial charge in [-0.25, -0.2) is 0 Å². The molecule has 5 nitrogen and oxygen atoms in total. The van der Waals surface area contributed by atoms with Crippen molar-refractivity contribution >= 4 is 5.91 Å². The molecule has 2 heterocycles. The van der Waals surface area contributed by atoms with Gasteiger partial charge in [-0.05, 0) is 45.8 Å². The molecule has 1 aliphatic heterocycles. The standard InChI is InChI=1S/C13H22N4O/c1-4-17-12(7-10(2)15-17)13(18)16-6-5-11(9-16)8-14-3/h7,11,14H,4-6,8-9H2,1-3H3. The normalized spacial score (nSPS) is 19.5. The lowest BCUT2D eigenvalue weighted by Crippen LogP contribution is -2.31. The van der Waals surface area contributed by atoms with Crippen LogP contribution in [0.3, 0.4) is 0 Å². The topological polar surface area (TPSA) is 50.2 Å². The van der Waals surface area contributed by atoms with Crippen LogP contribution in [-0.4, -0.2) is 47.3 Å². The summed E-state index contributed by atoms with van der Waals surface area (Å²) < 4.78 is 1.79. The zero-order valence-corrected chi connectivity index (χ0v) is 11.4. The van der Waals surface area contributed by atoms with Gasteiger partial charge in [0.25, 0.3) is 5.91 Å². The molecule has 1 aromatic heterocycles. The summed E-state index contributed by atoms with van der Waals surface area (Å²) in [6, 6.07) is 1.89. The number of amides is 1. The van der Waals surface area contributed by atoms with Crippen LogP contribution in [0.5, 0.6) is 0 Å². The number of rotatable bonds is 4. The summed E-state index contributed by atoms with van der Waals surface area (Å²) in [5.74, 6) is 0.703. The summed E-state index contributed by atoms with van der Waals surface area (Å²) in [5.41, 5.74) is 1.63. The first kappa shape index (κ1) is 13.1. The monoisotopic (exact) mass is 250 g/mol. The first-order chi connectivity index (χ1) is 8.65. The Morgan fingerprint density at radius 3 is 3.06 bits per heavy atom. The highest BCUT2D eigenvalue weighted by atomic mass is 16.2. The summed E-state index contributed by atoms with van der Waals surface area (Å²) in [6.45, 7) is 7.37. The van der Waals surface area contributed by atoms with Crippen LogP contribution in [0.4, 0.5) is 0 Å². The van der Waals surface area contributed by atoms with Crippen LogP contribution in [0.1, 0.15) is 29.5 Å². The Balaban J connectivity index is 2.07. The van der Waals surface area contributed by atoms with E-state index in [0.717, 1.165) is 44.0 Å². The smallest absolute Gasteiger partial charge is 0.272 e. The van der Waals surface area contributed by atoms with Gasteiger partial charge < -0.3 is 10.2 Å². The zero-order valence-electron chi connectivity index (χ0n) is 11.4. The molecule has 1 fully saturated rings. The number of nitrogens with zero attached hydrogens (tertiary/aromatic N) is 3. The summed E-state index contributed by atoms with van der Waals surface area (Å²) >= 11 is 0. The van der Waals surface area contributed by atoms with Crippen molar-refractivity contribution in [2.75, 3.05) is 26.7 Å². The third kappa shape index (κ3) is 2.56. The van der Waals surface area contributed by atoms with Crippen LogP contribution < -0.4 is 5.32 Å². The molecule has 0 aromatic carbocycles. The van der Waals surface area contributed by atoms with Crippen molar-refractivity contribution in [2.24, 2.45) is 5.92 Å². The van der Waals surface area contributed by atoms with Crippen molar-refractivity contribution in [3.05, 3.63) is 17.5 Å². The van der Waals surface area contributed by atoms with Crippen molar-refractivity contribution in [1.29, 1.82) is 0 Å². The number of likely N-dealkylation sites (tertiary alicyclic amines) is 1. The second-order valence-electron chi connectivity index (χ2n) is 4.95. The first-order valence-electron chi connectivity index (χ1n) is 6.64. The van der Waals surface area contributed by atoms with Crippen LogP contribution in [0.25, 0.3) is 0 Å². The highest BCUT2D eigenvalue weighted by Gasteiger charge is 2.28. The van der Waals surface area contributed by atoms with E-state index in [9.17, 15) is 4.79 Å². The van der Waals surface area contributed by atoms with Gasteiger partial charge in [0, 0.05) is 19.6 Å². The lowest BCUT2D eigenvalue weighted by molar-refractivity contribution is 0.0775. The Morgan fingerprint density at radius 2 is 2.39 bits per heavy atom. The van der Waals surface area contributed by atoms with Crippen molar-refractivity contribution in [3.63, 3.8) is 0 Å². The van der Waals surface area contributed by atoms with E-state index in [-0.39, 0.29) is 5.91 Å². The molecule has 1 unspecified atom stereocenters. The number of nitrogens with one attached hydrogen (secondary N) is 1. The van der Waals surface area contributed by atoms with Crippen LogP contribution in [0, 0.1) is 12.8 Å². The molecule has 2 rings (SSSR count). The molecule has 0 radical (unpaired) electrons. The van der Waals surface area contributed by atoms with Crippen LogP contribution in [0.2, 0.25) is 0 Å². The van der Waals surface area contributed by atoms with E-state index < -0.39 is 0 Å².